The van der Waals surface area contributed by atoms with Crippen molar-refractivity contribution in [2.24, 2.45) is 5.73 Å². The molecule has 1 aliphatic heterocycles. The zero-order valence-corrected chi connectivity index (χ0v) is 11.2. The van der Waals surface area contributed by atoms with Gasteiger partial charge >= 0.3 is 0 Å². The summed E-state index contributed by atoms with van der Waals surface area (Å²) in [6.07, 6.45) is -0.114. The highest BCUT2D eigenvalue weighted by molar-refractivity contribution is 6.30. The maximum Gasteiger partial charge on any atom is 0.125 e. The molecule has 18 heavy (non-hydrogen) atoms. The molecule has 1 aromatic rings. The Kier molecular flexibility index (Phi) is 4.56. The first-order chi connectivity index (χ1) is 8.65. The summed E-state index contributed by atoms with van der Waals surface area (Å²) in [5.74, 6) is -0.324. The van der Waals surface area contributed by atoms with E-state index in [1.807, 2.05) is 0 Å². The van der Waals surface area contributed by atoms with Gasteiger partial charge in [0.15, 0.2) is 0 Å². The molecule has 1 aliphatic rings. The summed E-state index contributed by atoms with van der Waals surface area (Å²) in [6.45, 7) is 4.85. The molecular formula is C13H18ClFN2O. The van der Waals surface area contributed by atoms with Gasteiger partial charge in [0, 0.05) is 18.1 Å². The van der Waals surface area contributed by atoms with Crippen molar-refractivity contribution in [1.82, 2.24) is 4.90 Å². The van der Waals surface area contributed by atoms with Gasteiger partial charge in [-0.2, -0.15) is 0 Å². The van der Waals surface area contributed by atoms with Crippen LogP contribution in [0.1, 0.15) is 18.5 Å². The highest BCUT2D eigenvalue weighted by atomic mass is 35.5. The second-order valence-corrected chi connectivity index (χ2v) is 4.86. The molecule has 2 N–H and O–H groups in total. The number of hydrogen-bond donors (Lipinski definition) is 1. The summed E-state index contributed by atoms with van der Waals surface area (Å²) in [6, 6.07) is 4.58. The highest BCUT2D eigenvalue weighted by Gasteiger charge is 2.32. The lowest BCUT2D eigenvalue weighted by Crippen LogP contribution is -2.48. The maximum absolute atomic E-state index is 13.5. The van der Waals surface area contributed by atoms with Crippen molar-refractivity contribution in [3.63, 3.8) is 0 Å². The van der Waals surface area contributed by atoms with Crippen LogP contribution in [0.4, 0.5) is 4.39 Å². The fraction of sp³-hybridized carbons (Fsp3) is 0.538. The van der Waals surface area contributed by atoms with Gasteiger partial charge in [-0.25, -0.2) is 4.39 Å². The Morgan fingerprint density at radius 1 is 1.50 bits per heavy atom. The average molecular weight is 273 g/mol. The highest BCUT2D eigenvalue weighted by Crippen LogP contribution is 2.31. The van der Waals surface area contributed by atoms with E-state index in [-0.39, 0.29) is 18.0 Å². The van der Waals surface area contributed by atoms with Gasteiger partial charge in [-0.05, 0) is 30.3 Å². The SMILES string of the molecule is CCN1CCOC(CN)C1c1cc(F)cc(Cl)c1. The van der Waals surface area contributed by atoms with Gasteiger partial charge in [-0.3, -0.25) is 4.90 Å². The number of morpholine rings is 1. The molecule has 1 heterocycles. The van der Waals surface area contributed by atoms with E-state index < -0.39 is 0 Å². The second-order valence-electron chi connectivity index (χ2n) is 4.42. The minimum atomic E-state index is -0.324. The molecule has 2 rings (SSSR count). The zero-order chi connectivity index (χ0) is 13.1. The van der Waals surface area contributed by atoms with Crippen molar-refractivity contribution in [3.8, 4) is 0 Å². The third-order valence-electron chi connectivity index (χ3n) is 3.32. The van der Waals surface area contributed by atoms with Gasteiger partial charge in [-0.1, -0.05) is 18.5 Å². The molecule has 1 saturated heterocycles. The van der Waals surface area contributed by atoms with E-state index in [2.05, 4.69) is 11.8 Å². The standard InChI is InChI=1S/C13H18ClFN2O/c1-2-17-3-4-18-12(8-16)13(17)9-5-10(14)7-11(15)6-9/h5-7,12-13H,2-4,8,16H2,1H3. The van der Waals surface area contributed by atoms with Gasteiger partial charge in [-0.15, -0.1) is 0 Å². The first-order valence-electron chi connectivity index (χ1n) is 6.17. The van der Waals surface area contributed by atoms with Crippen molar-refractivity contribution in [2.75, 3.05) is 26.2 Å². The lowest BCUT2D eigenvalue weighted by Gasteiger charge is -2.40. The number of nitrogens with zero attached hydrogens (tertiary/aromatic N) is 1. The monoisotopic (exact) mass is 272 g/mol. The maximum atomic E-state index is 13.5. The molecule has 5 heteroatoms. The number of halogens is 2. The summed E-state index contributed by atoms with van der Waals surface area (Å²) in [5, 5.41) is 0.405. The topological polar surface area (TPSA) is 38.5 Å². The summed E-state index contributed by atoms with van der Waals surface area (Å²) in [4.78, 5) is 2.24. The third kappa shape index (κ3) is 2.83. The number of rotatable bonds is 3. The molecule has 0 spiro atoms. The molecule has 0 radical (unpaired) electrons. The van der Waals surface area contributed by atoms with Crippen molar-refractivity contribution >= 4 is 11.6 Å². The number of likely N-dealkylation sites (N-methyl/N-ethyl adjacent to an activating group) is 1. The van der Waals surface area contributed by atoms with Gasteiger partial charge in [0.1, 0.15) is 5.82 Å². The van der Waals surface area contributed by atoms with E-state index in [0.717, 1.165) is 18.7 Å². The van der Waals surface area contributed by atoms with Crippen LogP contribution in [0.2, 0.25) is 5.02 Å². The molecule has 3 nitrogen and oxygen atoms in total. The first-order valence-corrected chi connectivity index (χ1v) is 6.55. The summed E-state index contributed by atoms with van der Waals surface area (Å²) >= 11 is 5.92. The predicted molar refractivity (Wildman–Crippen MR) is 70.2 cm³/mol. The molecule has 0 aromatic heterocycles. The van der Waals surface area contributed by atoms with E-state index in [1.165, 1.54) is 12.1 Å². The fourth-order valence-electron chi connectivity index (χ4n) is 2.51. The van der Waals surface area contributed by atoms with Crippen LogP contribution >= 0.6 is 11.6 Å². The van der Waals surface area contributed by atoms with Crippen molar-refractivity contribution in [3.05, 3.63) is 34.6 Å². The minimum Gasteiger partial charge on any atom is -0.374 e. The van der Waals surface area contributed by atoms with Crippen LogP contribution in [-0.4, -0.2) is 37.2 Å². The predicted octanol–water partition coefficient (Wildman–Crippen LogP) is 2.20. The molecule has 1 aromatic carbocycles. The average Bonchev–Trinajstić information content (AvgIpc) is 2.36. The smallest absolute Gasteiger partial charge is 0.125 e. The second kappa shape index (κ2) is 5.97. The lowest BCUT2D eigenvalue weighted by molar-refractivity contribution is -0.0658. The van der Waals surface area contributed by atoms with E-state index >= 15 is 0 Å². The summed E-state index contributed by atoms with van der Waals surface area (Å²) in [5.41, 5.74) is 6.58. The first kappa shape index (κ1) is 13.7. The van der Waals surface area contributed by atoms with Crippen LogP contribution in [0.3, 0.4) is 0 Å². The molecule has 2 unspecified atom stereocenters. The van der Waals surface area contributed by atoms with Crippen LogP contribution in [0.5, 0.6) is 0 Å². The van der Waals surface area contributed by atoms with Gasteiger partial charge in [0.05, 0.1) is 18.8 Å². The molecule has 0 bridgehead atoms. The van der Waals surface area contributed by atoms with E-state index in [4.69, 9.17) is 22.1 Å². The number of nitrogens with two attached hydrogens (primary N) is 1. The third-order valence-corrected chi connectivity index (χ3v) is 3.54. The van der Waals surface area contributed by atoms with E-state index in [1.54, 1.807) is 6.07 Å². The van der Waals surface area contributed by atoms with Crippen LogP contribution in [-0.2, 0) is 4.74 Å². The van der Waals surface area contributed by atoms with Crippen LogP contribution in [0.15, 0.2) is 18.2 Å². The van der Waals surface area contributed by atoms with E-state index in [0.29, 0.717) is 18.2 Å². The summed E-state index contributed by atoms with van der Waals surface area (Å²) in [7, 11) is 0. The zero-order valence-electron chi connectivity index (χ0n) is 10.4. The van der Waals surface area contributed by atoms with Crippen molar-refractivity contribution in [2.45, 2.75) is 19.1 Å². The lowest BCUT2D eigenvalue weighted by atomic mass is 9.98. The molecule has 100 valence electrons. The quantitative estimate of drug-likeness (QED) is 0.917. The molecule has 0 amide bonds. The molecule has 0 saturated carbocycles. The molecule has 0 aliphatic carbocycles. The largest absolute Gasteiger partial charge is 0.374 e. The van der Waals surface area contributed by atoms with Gasteiger partial charge < -0.3 is 10.5 Å². The van der Waals surface area contributed by atoms with Crippen LogP contribution in [0, 0.1) is 5.82 Å². The Morgan fingerprint density at radius 3 is 2.89 bits per heavy atom. The minimum absolute atomic E-state index is 0.0260. The normalized spacial score (nSPS) is 25.3. The van der Waals surface area contributed by atoms with Crippen molar-refractivity contribution in [1.29, 1.82) is 0 Å². The van der Waals surface area contributed by atoms with Crippen molar-refractivity contribution < 1.29 is 9.13 Å². The Morgan fingerprint density at radius 2 is 2.28 bits per heavy atom. The Bertz CT molecular complexity index is 384. The fourth-order valence-corrected chi connectivity index (χ4v) is 2.74. The van der Waals surface area contributed by atoms with Gasteiger partial charge in [0.2, 0.25) is 0 Å². The Labute approximate surface area is 112 Å². The van der Waals surface area contributed by atoms with Crippen LogP contribution in [0.25, 0.3) is 0 Å². The molecular weight excluding hydrogens is 255 g/mol. The van der Waals surface area contributed by atoms with Gasteiger partial charge in [0.25, 0.3) is 0 Å². The summed E-state index contributed by atoms with van der Waals surface area (Å²) < 4.78 is 19.1. The Hall–Kier alpha value is -0.680. The number of benzene rings is 1. The Balaban J connectivity index is 2.35. The van der Waals surface area contributed by atoms with Crippen LogP contribution < -0.4 is 5.73 Å². The molecule has 1 fully saturated rings. The number of hydrogen-bond acceptors (Lipinski definition) is 3. The molecule has 2 atom stereocenters. The number of ether oxygens (including phenoxy) is 1. The van der Waals surface area contributed by atoms with E-state index in [9.17, 15) is 4.39 Å².